The van der Waals surface area contributed by atoms with E-state index in [-0.39, 0.29) is 5.91 Å². The van der Waals surface area contributed by atoms with Gasteiger partial charge in [-0.2, -0.15) is 0 Å². The molecule has 0 aliphatic heterocycles. The minimum atomic E-state index is -0.469. The van der Waals surface area contributed by atoms with Crippen LogP contribution in [0.3, 0.4) is 0 Å². The molecule has 1 N–H and O–H groups in total. The fourth-order valence-corrected chi connectivity index (χ4v) is 2.27. The van der Waals surface area contributed by atoms with Crippen molar-refractivity contribution in [3.8, 4) is 5.75 Å². The lowest BCUT2D eigenvalue weighted by atomic mass is 10.1. The van der Waals surface area contributed by atoms with E-state index in [9.17, 15) is 4.79 Å². The van der Waals surface area contributed by atoms with Gasteiger partial charge in [-0.3, -0.25) is 4.79 Å². The molecule has 0 fully saturated rings. The van der Waals surface area contributed by atoms with Gasteiger partial charge in [0, 0.05) is 20.3 Å². The van der Waals surface area contributed by atoms with Crippen LogP contribution in [0.1, 0.15) is 19.8 Å². The highest BCUT2D eigenvalue weighted by Crippen LogP contribution is 2.22. The quantitative estimate of drug-likeness (QED) is 0.762. The van der Waals surface area contributed by atoms with E-state index in [2.05, 4.69) is 11.4 Å². The highest BCUT2D eigenvalue weighted by molar-refractivity contribution is 5.84. The summed E-state index contributed by atoms with van der Waals surface area (Å²) in [6.07, 6.45) is 0.959. The van der Waals surface area contributed by atoms with Gasteiger partial charge in [0.25, 0.3) is 5.91 Å². The summed E-state index contributed by atoms with van der Waals surface area (Å²) < 4.78 is 10.8. The van der Waals surface area contributed by atoms with Crippen LogP contribution >= 0.6 is 0 Å². The number of rotatable bonds is 8. The van der Waals surface area contributed by atoms with Crippen LogP contribution in [0.2, 0.25) is 0 Å². The summed E-state index contributed by atoms with van der Waals surface area (Å²) >= 11 is 0. The molecule has 118 valence electrons. The molecule has 0 aromatic heterocycles. The summed E-state index contributed by atoms with van der Waals surface area (Å²) in [5.74, 6) is 0.643. The maximum absolute atomic E-state index is 12.1. The first-order valence-corrected chi connectivity index (χ1v) is 7.66. The van der Waals surface area contributed by atoms with E-state index < -0.39 is 6.10 Å². The molecule has 1 atom stereocenters. The number of methoxy groups -OCH3 is 1. The zero-order valence-electron chi connectivity index (χ0n) is 13.2. The smallest absolute Gasteiger partial charge is 0.261 e. The van der Waals surface area contributed by atoms with Crippen LogP contribution in [0.25, 0.3) is 10.8 Å². The first-order valence-electron chi connectivity index (χ1n) is 7.66. The van der Waals surface area contributed by atoms with Gasteiger partial charge in [0.2, 0.25) is 0 Å². The second-order valence-electron chi connectivity index (χ2n) is 5.16. The monoisotopic (exact) mass is 301 g/mol. The molecule has 2 aromatic rings. The molecule has 2 aromatic carbocycles. The number of hydrogen-bond acceptors (Lipinski definition) is 3. The molecule has 0 spiro atoms. The molecule has 4 heteroatoms. The largest absolute Gasteiger partial charge is 0.481 e. The predicted molar refractivity (Wildman–Crippen MR) is 88.2 cm³/mol. The Labute approximate surface area is 131 Å². The number of carbonyl (C=O) groups excluding carboxylic acids is 1. The van der Waals surface area contributed by atoms with Crippen molar-refractivity contribution in [2.45, 2.75) is 25.9 Å². The van der Waals surface area contributed by atoms with E-state index in [0.717, 1.165) is 22.9 Å². The summed E-state index contributed by atoms with van der Waals surface area (Å²) in [4.78, 5) is 12.1. The third-order valence-corrected chi connectivity index (χ3v) is 3.49. The van der Waals surface area contributed by atoms with Crippen LogP contribution in [-0.2, 0) is 9.53 Å². The zero-order chi connectivity index (χ0) is 15.8. The van der Waals surface area contributed by atoms with Gasteiger partial charge < -0.3 is 14.8 Å². The first kappa shape index (κ1) is 16.3. The normalized spacial score (nSPS) is 12.1. The fourth-order valence-electron chi connectivity index (χ4n) is 2.27. The van der Waals surface area contributed by atoms with Crippen LogP contribution in [0.15, 0.2) is 42.5 Å². The maximum Gasteiger partial charge on any atom is 0.261 e. The average Bonchev–Trinajstić information content (AvgIpc) is 2.56. The number of hydrogen-bond donors (Lipinski definition) is 1. The first-order chi connectivity index (χ1) is 10.7. The lowest BCUT2D eigenvalue weighted by Gasteiger charge is -2.17. The number of benzene rings is 2. The molecule has 0 saturated heterocycles. The third-order valence-electron chi connectivity index (χ3n) is 3.49. The van der Waals surface area contributed by atoms with E-state index in [0.29, 0.717) is 19.6 Å². The van der Waals surface area contributed by atoms with E-state index in [1.165, 1.54) is 0 Å². The molecular formula is C18H23NO3. The molecule has 0 aliphatic rings. The van der Waals surface area contributed by atoms with Crippen LogP contribution in [0.5, 0.6) is 5.75 Å². The highest BCUT2D eigenvalue weighted by Gasteiger charge is 2.17. The Bertz CT molecular complexity index is 612. The van der Waals surface area contributed by atoms with Crippen LogP contribution in [0.4, 0.5) is 0 Å². The van der Waals surface area contributed by atoms with Crippen LogP contribution in [0, 0.1) is 0 Å². The maximum atomic E-state index is 12.1. The minimum absolute atomic E-state index is 0.0771. The molecule has 22 heavy (non-hydrogen) atoms. The lowest BCUT2D eigenvalue weighted by molar-refractivity contribution is -0.128. The van der Waals surface area contributed by atoms with E-state index in [4.69, 9.17) is 9.47 Å². The molecule has 0 saturated carbocycles. The standard InChI is InChI=1S/C18H23NO3/c1-3-17(18(20)19-11-6-12-21-2)22-16-10-9-14-7-4-5-8-15(14)13-16/h4-5,7-10,13,17H,3,6,11-12H2,1-2H3,(H,19,20)/t17-/m0/s1. The number of nitrogens with one attached hydrogen (secondary N) is 1. The van der Waals surface area contributed by atoms with Gasteiger partial charge in [-0.1, -0.05) is 37.3 Å². The SMILES string of the molecule is CC[C@H](Oc1ccc2ccccc2c1)C(=O)NCCCOC. The Kier molecular flexibility index (Phi) is 6.22. The molecular weight excluding hydrogens is 278 g/mol. The van der Waals surface area contributed by atoms with Crippen molar-refractivity contribution >= 4 is 16.7 Å². The number of carbonyl (C=O) groups is 1. The summed E-state index contributed by atoms with van der Waals surface area (Å²) in [6.45, 7) is 3.19. The van der Waals surface area contributed by atoms with Gasteiger partial charge in [-0.05, 0) is 35.7 Å². The Morgan fingerprint density at radius 3 is 2.68 bits per heavy atom. The molecule has 0 bridgehead atoms. The van der Waals surface area contributed by atoms with E-state index in [1.54, 1.807) is 7.11 Å². The summed E-state index contributed by atoms with van der Waals surface area (Å²) in [6, 6.07) is 14.0. The zero-order valence-corrected chi connectivity index (χ0v) is 13.2. The lowest BCUT2D eigenvalue weighted by Crippen LogP contribution is -2.38. The molecule has 0 unspecified atom stereocenters. The molecule has 4 nitrogen and oxygen atoms in total. The van der Waals surface area contributed by atoms with Crippen molar-refractivity contribution in [3.63, 3.8) is 0 Å². The second-order valence-corrected chi connectivity index (χ2v) is 5.16. The molecule has 2 rings (SSSR count). The van der Waals surface area contributed by atoms with Gasteiger partial charge in [0.1, 0.15) is 5.75 Å². The molecule has 0 aliphatic carbocycles. The van der Waals surface area contributed by atoms with Crippen molar-refractivity contribution in [2.75, 3.05) is 20.3 Å². The topological polar surface area (TPSA) is 47.6 Å². The summed E-state index contributed by atoms with van der Waals surface area (Å²) in [5, 5.41) is 5.15. The van der Waals surface area contributed by atoms with Crippen molar-refractivity contribution < 1.29 is 14.3 Å². The Balaban J connectivity index is 1.97. The summed E-state index contributed by atoms with van der Waals surface area (Å²) in [7, 11) is 1.65. The van der Waals surface area contributed by atoms with E-state index >= 15 is 0 Å². The van der Waals surface area contributed by atoms with Gasteiger partial charge in [-0.15, -0.1) is 0 Å². The Morgan fingerprint density at radius 2 is 1.95 bits per heavy atom. The average molecular weight is 301 g/mol. The van der Waals surface area contributed by atoms with Crippen molar-refractivity contribution in [1.29, 1.82) is 0 Å². The third kappa shape index (κ3) is 4.46. The number of amides is 1. The van der Waals surface area contributed by atoms with E-state index in [1.807, 2.05) is 43.3 Å². The highest BCUT2D eigenvalue weighted by atomic mass is 16.5. The van der Waals surface area contributed by atoms with Crippen LogP contribution < -0.4 is 10.1 Å². The number of ether oxygens (including phenoxy) is 2. The van der Waals surface area contributed by atoms with Crippen LogP contribution in [-0.4, -0.2) is 32.3 Å². The van der Waals surface area contributed by atoms with Crippen molar-refractivity contribution in [3.05, 3.63) is 42.5 Å². The molecule has 1 amide bonds. The Hall–Kier alpha value is -2.07. The van der Waals surface area contributed by atoms with Crippen molar-refractivity contribution in [2.24, 2.45) is 0 Å². The Morgan fingerprint density at radius 1 is 1.18 bits per heavy atom. The van der Waals surface area contributed by atoms with Gasteiger partial charge in [0.05, 0.1) is 0 Å². The minimum Gasteiger partial charge on any atom is -0.481 e. The molecule has 0 radical (unpaired) electrons. The van der Waals surface area contributed by atoms with Gasteiger partial charge in [-0.25, -0.2) is 0 Å². The number of fused-ring (bicyclic) bond motifs is 1. The predicted octanol–water partition coefficient (Wildman–Crippen LogP) is 3.15. The second kappa shape index (κ2) is 8.39. The van der Waals surface area contributed by atoms with Gasteiger partial charge in [0.15, 0.2) is 6.10 Å². The van der Waals surface area contributed by atoms with Crippen molar-refractivity contribution in [1.82, 2.24) is 5.32 Å². The molecule has 0 heterocycles. The van der Waals surface area contributed by atoms with Gasteiger partial charge >= 0.3 is 0 Å². The summed E-state index contributed by atoms with van der Waals surface area (Å²) in [5.41, 5.74) is 0. The fraction of sp³-hybridized carbons (Fsp3) is 0.389.